The van der Waals surface area contributed by atoms with Gasteiger partial charge in [0.05, 0.1) is 10.7 Å². The van der Waals surface area contributed by atoms with Gasteiger partial charge < -0.3 is 15.3 Å². The molecule has 2 rings (SSSR count). The van der Waals surface area contributed by atoms with Crippen LogP contribution in [0.4, 0.5) is 5.69 Å². The van der Waals surface area contributed by atoms with Crippen LogP contribution >= 0.6 is 11.6 Å². The molecule has 0 radical (unpaired) electrons. The summed E-state index contributed by atoms with van der Waals surface area (Å²) >= 11 is 6.38. The van der Waals surface area contributed by atoms with E-state index in [-0.39, 0.29) is 6.61 Å². The molecule has 1 atom stereocenters. The highest BCUT2D eigenvalue weighted by atomic mass is 35.5. The third kappa shape index (κ3) is 2.97. The average Bonchev–Trinajstić information content (AvgIpc) is 2.28. The summed E-state index contributed by atoms with van der Waals surface area (Å²) in [7, 11) is 0. The van der Waals surface area contributed by atoms with E-state index in [0.717, 1.165) is 36.8 Å². The number of benzene rings is 1. The molecule has 1 aromatic carbocycles. The Balaban J connectivity index is 2.20. The van der Waals surface area contributed by atoms with Crippen molar-refractivity contribution in [3.05, 3.63) is 28.3 Å². The summed E-state index contributed by atoms with van der Waals surface area (Å²) in [5.74, 6) is 0. The SMILES string of the molecule is Cc1cc(C)c(N2CCNC(CCO)C2)c(Cl)c1. The summed E-state index contributed by atoms with van der Waals surface area (Å²) in [4.78, 5) is 2.33. The molecule has 1 saturated heterocycles. The van der Waals surface area contributed by atoms with Gasteiger partial charge in [-0.15, -0.1) is 0 Å². The van der Waals surface area contributed by atoms with Gasteiger partial charge in [0.2, 0.25) is 0 Å². The van der Waals surface area contributed by atoms with Gasteiger partial charge in [0, 0.05) is 32.3 Å². The first kappa shape index (κ1) is 13.7. The molecule has 1 aromatic rings. The van der Waals surface area contributed by atoms with Gasteiger partial charge in [-0.1, -0.05) is 17.7 Å². The molecule has 0 aromatic heterocycles. The van der Waals surface area contributed by atoms with Gasteiger partial charge in [-0.05, 0) is 37.5 Å². The summed E-state index contributed by atoms with van der Waals surface area (Å²) in [5, 5.41) is 13.3. The quantitative estimate of drug-likeness (QED) is 0.882. The number of piperazine rings is 1. The van der Waals surface area contributed by atoms with Crippen LogP contribution in [-0.2, 0) is 0 Å². The Morgan fingerprint density at radius 1 is 1.44 bits per heavy atom. The van der Waals surface area contributed by atoms with Gasteiger partial charge in [-0.3, -0.25) is 0 Å². The van der Waals surface area contributed by atoms with Gasteiger partial charge in [-0.25, -0.2) is 0 Å². The van der Waals surface area contributed by atoms with Crippen molar-refractivity contribution >= 4 is 17.3 Å². The van der Waals surface area contributed by atoms with Crippen LogP contribution in [0.25, 0.3) is 0 Å². The minimum absolute atomic E-state index is 0.228. The second-order valence-electron chi connectivity index (χ2n) is 5.02. The minimum atomic E-state index is 0.228. The Morgan fingerprint density at radius 2 is 2.22 bits per heavy atom. The summed E-state index contributed by atoms with van der Waals surface area (Å²) in [6.45, 7) is 7.21. The molecule has 0 aliphatic carbocycles. The van der Waals surface area contributed by atoms with Crippen LogP contribution in [0.5, 0.6) is 0 Å². The molecule has 18 heavy (non-hydrogen) atoms. The number of aliphatic hydroxyl groups excluding tert-OH is 1. The summed E-state index contributed by atoms with van der Waals surface area (Å²) < 4.78 is 0. The fraction of sp³-hybridized carbons (Fsp3) is 0.571. The lowest BCUT2D eigenvalue weighted by molar-refractivity contribution is 0.260. The predicted molar refractivity (Wildman–Crippen MR) is 76.6 cm³/mol. The zero-order valence-corrected chi connectivity index (χ0v) is 11.8. The van der Waals surface area contributed by atoms with E-state index in [1.54, 1.807) is 0 Å². The van der Waals surface area contributed by atoms with Crippen LogP contribution in [0.15, 0.2) is 12.1 Å². The molecule has 1 fully saturated rings. The number of aryl methyl sites for hydroxylation is 2. The molecule has 2 N–H and O–H groups in total. The smallest absolute Gasteiger partial charge is 0.0644 e. The van der Waals surface area contributed by atoms with E-state index < -0.39 is 0 Å². The maximum Gasteiger partial charge on any atom is 0.0644 e. The van der Waals surface area contributed by atoms with E-state index in [1.807, 2.05) is 6.07 Å². The molecule has 1 aliphatic heterocycles. The third-order valence-corrected chi connectivity index (χ3v) is 3.74. The molecule has 100 valence electrons. The topological polar surface area (TPSA) is 35.5 Å². The van der Waals surface area contributed by atoms with Crippen LogP contribution in [0.1, 0.15) is 17.5 Å². The van der Waals surface area contributed by atoms with Gasteiger partial charge >= 0.3 is 0 Å². The van der Waals surface area contributed by atoms with Crippen LogP contribution < -0.4 is 10.2 Å². The van der Waals surface area contributed by atoms with Crippen molar-refractivity contribution in [2.45, 2.75) is 26.3 Å². The lowest BCUT2D eigenvalue weighted by atomic mass is 10.1. The summed E-state index contributed by atoms with van der Waals surface area (Å²) in [5.41, 5.74) is 3.57. The number of rotatable bonds is 3. The van der Waals surface area contributed by atoms with Crippen LogP contribution in [0, 0.1) is 13.8 Å². The molecule has 3 nitrogen and oxygen atoms in total. The molecule has 0 bridgehead atoms. The van der Waals surface area contributed by atoms with Gasteiger partial charge in [0.15, 0.2) is 0 Å². The highest BCUT2D eigenvalue weighted by Crippen LogP contribution is 2.31. The largest absolute Gasteiger partial charge is 0.396 e. The molecule has 0 amide bonds. The maximum atomic E-state index is 9.04. The van der Waals surface area contributed by atoms with Crippen LogP contribution in [0.2, 0.25) is 5.02 Å². The van der Waals surface area contributed by atoms with Crippen LogP contribution in [0.3, 0.4) is 0 Å². The number of hydrogen-bond acceptors (Lipinski definition) is 3. The number of aliphatic hydroxyl groups is 1. The molecule has 0 saturated carbocycles. The third-order valence-electron chi connectivity index (χ3n) is 3.45. The Morgan fingerprint density at radius 3 is 2.89 bits per heavy atom. The fourth-order valence-electron chi connectivity index (χ4n) is 2.69. The summed E-state index contributed by atoms with van der Waals surface area (Å²) in [6.07, 6.45) is 0.791. The van der Waals surface area contributed by atoms with E-state index in [2.05, 4.69) is 30.1 Å². The summed E-state index contributed by atoms with van der Waals surface area (Å²) in [6, 6.07) is 4.54. The maximum absolute atomic E-state index is 9.04. The standard InChI is InChI=1S/C14H21ClN2O/c1-10-7-11(2)14(13(15)8-10)17-5-4-16-12(9-17)3-6-18/h7-8,12,16,18H,3-6,9H2,1-2H3. The van der Waals surface area contributed by atoms with Crippen molar-refractivity contribution in [3.63, 3.8) is 0 Å². The van der Waals surface area contributed by atoms with E-state index >= 15 is 0 Å². The normalized spacial score (nSPS) is 20.2. The molecule has 4 heteroatoms. The fourth-order valence-corrected chi connectivity index (χ4v) is 3.13. The first-order valence-corrected chi connectivity index (χ1v) is 6.85. The van der Waals surface area contributed by atoms with Crippen molar-refractivity contribution in [3.8, 4) is 0 Å². The number of halogens is 1. The average molecular weight is 269 g/mol. The monoisotopic (exact) mass is 268 g/mol. The Hall–Kier alpha value is -0.770. The second-order valence-corrected chi connectivity index (χ2v) is 5.43. The number of anilines is 1. The van der Waals surface area contributed by atoms with Crippen molar-refractivity contribution in [2.24, 2.45) is 0 Å². The highest BCUT2D eigenvalue weighted by molar-refractivity contribution is 6.33. The number of nitrogens with one attached hydrogen (secondary N) is 1. The Labute approximate surface area is 114 Å². The minimum Gasteiger partial charge on any atom is -0.396 e. The van der Waals surface area contributed by atoms with Crippen molar-refractivity contribution in [1.29, 1.82) is 0 Å². The zero-order chi connectivity index (χ0) is 13.1. The first-order valence-electron chi connectivity index (χ1n) is 6.47. The Bertz CT molecular complexity index is 397. The van der Waals surface area contributed by atoms with Gasteiger partial charge in [0.25, 0.3) is 0 Å². The highest BCUT2D eigenvalue weighted by Gasteiger charge is 2.21. The molecule has 1 unspecified atom stereocenters. The lowest BCUT2D eigenvalue weighted by Gasteiger charge is -2.36. The van der Waals surface area contributed by atoms with Crippen molar-refractivity contribution in [2.75, 3.05) is 31.1 Å². The molecular weight excluding hydrogens is 248 g/mol. The molecule has 1 aliphatic rings. The first-order chi connectivity index (χ1) is 8.61. The second kappa shape index (κ2) is 5.91. The van der Waals surface area contributed by atoms with E-state index in [0.29, 0.717) is 6.04 Å². The van der Waals surface area contributed by atoms with E-state index in [4.69, 9.17) is 16.7 Å². The zero-order valence-electron chi connectivity index (χ0n) is 11.0. The number of nitrogens with zero attached hydrogens (tertiary/aromatic N) is 1. The predicted octanol–water partition coefficient (Wildman–Crippen LogP) is 2.12. The van der Waals surface area contributed by atoms with Crippen molar-refractivity contribution < 1.29 is 5.11 Å². The lowest BCUT2D eigenvalue weighted by Crippen LogP contribution is -2.51. The van der Waals surface area contributed by atoms with E-state index in [1.165, 1.54) is 11.1 Å². The van der Waals surface area contributed by atoms with Gasteiger partial charge in [0.1, 0.15) is 0 Å². The number of hydrogen-bond donors (Lipinski definition) is 2. The van der Waals surface area contributed by atoms with Crippen LogP contribution in [-0.4, -0.2) is 37.4 Å². The van der Waals surface area contributed by atoms with E-state index in [9.17, 15) is 0 Å². The Kier molecular flexibility index (Phi) is 4.49. The van der Waals surface area contributed by atoms with Crippen molar-refractivity contribution in [1.82, 2.24) is 5.32 Å². The van der Waals surface area contributed by atoms with Gasteiger partial charge in [-0.2, -0.15) is 0 Å². The molecule has 1 heterocycles. The molecule has 0 spiro atoms. The molecular formula is C14H21ClN2O.